The Morgan fingerprint density at radius 2 is 2.38 bits per heavy atom. The van der Waals surface area contributed by atoms with Crippen LogP contribution in [0.25, 0.3) is 0 Å². The molecule has 0 fully saturated rings. The van der Waals surface area contributed by atoms with Crippen molar-refractivity contribution < 1.29 is 4.79 Å². The zero-order chi connectivity index (χ0) is 15.2. The van der Waals surface area contributed by atoms with Gasteiger partial charge in [0.25, 0.3) is 0 Å². The van der Waals surface area contributed by atoms with Gasteiger partial charge < -0.3 is 9.88 Å². The first kappa shape index (κ1) is 15.5. The molecular weight excluding hydrogens is 306 g/mol. The van der Waals surface area contributed by atoms with E-state index < -0.39 is 0 Å². The molecule has 0 aliphatic heterocycles. The highest BCUT2D eigenvalue weighted by Gasteiger charge is 2.12. The third-order valence-corrected chi connectivity index (χ3v) is 4.52. The highest BCUT2D eigenvalue weighted by Crippen LogP contribution is 2.23. The Labute approximate surface area is 131 Å². The van der Waals surface area contributed by atoms with Crippen molar-refractivity contribution >= 4 is 34.0 Å². The number of nitrogens with one attached hydrogen (secondary N) is 1. The number of aryl methyl sites for hydroxylation is 1. The molecule has 2 aromatic heterocycles. The van der Waals surface area contributed by atoms with Crippen LogP contribution < -0.4 is 5.32 Å². The molecule has 2 aromatic rings. The van der Waals surface area contributed by atoms with Crippen LogP contribution in [0.5, 0.6) is 0 Å². The smallest absolute Gasteiger partial charge is 0.235 e. The van der Waals surface area contributed by atoms with E-state index in [1.165, 1.54) is 23.1 Å². The molecule has 0 radical (unpaired) electrons. The molecule has 0 spiro atoms. The lowest BCUT2D eigenvalue weighted by Crippen LogP contribution is -2.14. The monoisotopic (exact) mass is 321 g/mol. The van der Waals surface area contributed by atoms with Crippen molar-refractivity contribution in [3.8, 4) is 6.07 Å². The molecule has 0 unspecified atom stereocenters. The van der Waals surface area contributed by atoms with E-state index in [0.29, 0.717) is 10.6 Å². The summed E-state index contributed by atoms with van der Waals surface area (Å²) in [5.74, 6) is 0.942. The average molecular weight is 321 g/mol. The van der Waals surface area contributed by atoms with Gasteiger partial charge in [0, 0.05) is 6.54 Å². The van der Waals surface area contributed by atoms with Crippen molar-refractivity contribution in [1.82, 2.24) is 14.8 Å². The zero-order valence-electron chi connectivity index (χ0n) is 11.8. The van der Waals surface area contributed by atoms with Crippen molar-refractivity contribution in [2.75, 3.05) is 11.1 Å². The zero-order valence-corrected chi connectivity index (χ0v) is 13.4. The lowest BCUT2D eigenvalue weighted by molar-refractivity contribution is -0.113. The number of thiophene rings is 1. The predicted octanol–water partition coefficient (Wildman–Crippen LogP) is 2.66. The summed E-state index contributed by atoms with van der Waals surface area (Å²) in [6, 6.07) is 3.74. The molecule has 0 atom stereocenters. The van der Waals surface area contributed by atoms with Gasteiger partial charge in [-0.05, 0) is 24.8 Å². The van der Waals surface area contributed by atoms with Gasteiger partial charge in [0.05, 0.1) is 11.3 Å². The molecule has 2 heterocycles. The molecule has 1 N–H and O–H groups in total. The molecular formula is C13H15N5OS2. The molecule has 6 nitrogen and oxygen atoms in total. The molecule has 0 aromatic carbocycles. The van der Waals surface area contributed by atoms with Crippen molar-refractivity contribution in [1.29, 1.82) is 5.26 Å². The van der Waals surface area contributed by atoms with Crippen LogP contribution in [0.4, 0.5) is 5.00 Å². The second-order valence-corrected chi connectivity index (χ2v) is 6.15. The maximum absolute atomic E-state index is 11.9. The summed E-state index contributed by atoms with van der Waals surface area (Å²) < 4.78 is 2.00. The first-order chi connectivity index (χ1) is 10.2. The van der Waals surface area contributed by atoms with Gasteiger partial charge in [-0.2, -0.15) is 5.26 Å². The quantitative estimate of drug-likeness (QED) is 0.827. The van der Waals surface area contributed by atoms with Crippen LogP contribution in [0, 0.1) is 18.3 Å². The second-order valence-electron chi connectivity index (χ2n) is 4.29. The Balaban J connectivity index is 1.94. The molecule has 0 aliphatic carbocycles. The fourth-order valence-corrected chi connectivity index (χ4v) is 3.30. The van der Waals surface area contributed by atoms with Gasteiger partial charge in [-0.1, -0.05) is 18.7 Å². The number of carbonyl (C=O) groups excluding carboxylic acids is 1. The highest BCUT2D eigenvalue weighted by atomic mass is 32.2. The van der Waals surface area contributed by atoms with Crippen LogP contribution in [-0.4, -0.2) is 26.4 Å². The lowest BCUT2D eigenvalue weighted by atomic mass is 10.3. The first-order valence-electron chi connectivity index (χ1n) is 6.45. The Morgan fingerprint density at radius 3 is 3.10 bits per heavy atom. The lowest BCUT2D eigenvalue weighted by Gasteiger charge is -2.06. The summed E-state index contributed by atoms with van der Waals surface area (Å²) in [6.45, 7) is 4.82. The Hall–Kier alpha value is -1.85. The Kier molecular flexibility index (Phi) is 5.36. The first-order valence-corrected chi connectivity index (χ1v) is 8.32. The molecule has 0 saturated carbocycles. The third kappa shape index (κ3) is 3.83. The van der Waals surface area contributed by atoms with Gasteiger partial charge in [0.2, 0.25) is 5.91 Å². The van der Waals surface area contributed by atoms with Gasteiger partial charge >= 0.3 is 0 Å². The minimum Gasteiger partial charge on any atom is -0.316 e. The van der Waals surface area contributed by atoms with Gasteiger partial charge in [0.15, 0.2) is 5.16 Å². The number of hydrogen-bond acceptors (Lipinski definition) is 6. The molecule has 8 heteroatoms. The number of nitrogens with zero attached hydrogens (tertiary/aromatic N) is 4. The summed E-state index contributed by atoms with van der Waals surface area (Å²) in [5.41, 5.74) is 0.489. The number of rotatable bonds is 6. The van der Waals surface area contributed by atoms with Crippen LogP contribution in [0.15, 0.2) is 16.6 Å². The summed E-state index contributed by atoms with van der Waals surface area (Å²) in [5, 5.41) is 22.9. The predicted molar refractivity (Wildman–Crippen MR) is 83.4 cm³/mol. The van der Waals surface area contributed by atoms with E-state index >= 15 is 0 Å². The topological polar surface area (TPSA) is 83.6 Å². The summed E-state index contributed by atoms with van der Waals surface area (Å²) in [6.07, 6.45) is 0.985. The molecule has 0 aliphatic rings. The van der Waals surface area contributed by atoms with Gasteiger partial charge in [-0.15, -0.1) is 21.5 Å². The summed E-state index contributed by atoms with van der Waals surface area (Å²) >= 11 is 2.69. The number of anilines is 1. The minimum absolute atomic E-state index is 0.150. The van der Waals surface area contributed by atoms with Crippen LogP contribution in [0.2, 0.25) is 0 Å². The van der Waals surface area contributed by atoms with E-state index in [4.69, 9.17) is 5.26 Å². The maximum atomic E-state index is 11.9. The Bertz CT molecular complexity index is 670. The third-order valence-electron chi connectivity index (χ3n) is 2.72. The van der Waals surface area contributed by atoms with Gasteiger partial charge in [-0.3, -0.25) is 4.79 Å². The molecule has 110 valence electrons. The van der Waals surface area contributed by atoms with Crippen molar-refractivity contribution in [2.45, 2.75) is 32.0 Å². The summed E-state index contributed by atoms with van der Waals surface area (Å²) in [4.78, 5) is 11.9. The number of hydrogen-bond donors (Lipinski definition) is 1. The normalized spacial score (nSPS) is 10.3. The van der Waals surface area contributed by atoms with E-state index in [1.54, 1.807) is 11.4 Å². The van der Waals surface area contributed by atoms with E-state index in [1.807, 2.05) is 17.6 Å². The van der Waals surface area contributed by atoms with Crippen LogP contribution in [0.3, 0.4) is 0 Å². The average Bonchev–Trinajstić information content (AvgIpc) is 3.05. The van der Waals surface area contributed by atoms with Gasteiger partial charge in [-0.25, -0.2) is 0 Å². The maximum Gasteiger partial charge on any atom is 0.235 e. The van der Waals surface area contributed by atoms with Crippen LogP contribution >= 0.6 is 23.1 Å². The minimum atomic E-state index is -0.150. The number of thioether (sulfide) groups is 1. The van der Waals surface area contributed by atoms with Crippen molar-refractivity contribution in [3.05, 3.63) is 22.8 Å². The largest absolute Gasteiger partial charge is 0.316 e. The molecule has 2 rings (SSSR count). The molecule has 0 bridgehead atoms. The number of carbonyl (C=O) groups is 1. The highest BCUT2D eigenvalue weighted by molar-refractivity contribution is 7.99. The molecule has 0 saturated heterocycles. The number of amides is 1. The fraction of sp³-hybridized carbons (Fsp3) is 0.385. The van der Waals surface area contributed by atoms with Gasteiger partial charge in [0.1, 0.15) is 16.9 Å². The van der Waals surface area contributed by atoms with Crippen molar-refractivity contribution in [3.63, 3.8) is 0 Å². The molecule has 1 amide bonds. The van der Waals surface area contributed by atoms with E-state index in [9.17, 15) is 4.79 Å². The van der Waals surface area contributed by atoms with E-state index in [0.717, 1.165) is 23.9 Å². The molecule has 21 heavy (non-hydrogen) atoms. The summed E-state index contributed by atoms with van der Waals surface area (Å²) in [7, 11) is 0. The second kappa shape index (κ2) is 7.24. The fourth-order valence-electron chi connectivity index (χ4n) is 1.74. The number of aromatic nitrogens is 3. The number of nitriles is 1. The van der Waals surface area contributed by atoms with E-state index in [2.05, 4.69) is 22.4 Å². The Morgan fingerprint density at radius 1 is 1.57 bits per heavy atom. The van der Waals surface area contributed by atoms with Crippen LogP contribution in [-0.2, 0) is 11.3 Å². The standard InChI is InChI=1S/C13H15N5OS2/c1-3-5-18-9(2)16-17-13(18)21-8-11(19)15-12-10(7-14)4-6-20-12/h4,6H,3,5,8H2,1-2H3,(H,15,19). The van der Waals surface area contributed by atoms with Crippen molar-refractivity contribution in [2.24, 2.45) is 0 Å². The van der Waals surface area contributed by atoms with Crippen LogP contribution in [0.1, 0.15) is 24.7 Å². The van der Waals surface area contributed by atoms with E-state index in [-0.39, 0.29) is 11.7 Å². The SMILES string of the molecule is CCCn1c(C)nnc1SCC(=O)Nc1sccc1C#N.